The van der Waals surface area contributed by atoms with Crippen LogP contribution in [0.1, 0.15) is 35.3 Å². The number of aromatic nitrogens is 2. The predicted octanol–water partition coefficient (Wildman–Crippen LogP) is 3.39. The first-order chi connectivity index (χ1) is 17.6. The van der Waals surface area contributed by atoms with Gasteiger partial charge in [-0.3, -0.25) is 4.79 Å². The molecule has 0 saturated carbocycles. The van der Waals surface area contributed by atoms with Crippen LogP contribution in [-0.4, -0.2) is 61.0 Å². The molecule has 6 bridgehead atoms. The highest BCUT2D eigenvalue weighted by Gasteiger charge is 2.34. The lowest BCUT2D eigenvalue weighted by Gasteiger charge is -2.34. The van der Waals surface area contributed by atoms with Gasteiger partial charge in [0.25, 0.3) is 15.9 Å². The van der Waals surface area contributed by atoms with Gasteiger partial charge in [-0.15, -0.1) is 0 Å². The molecule has 1 fully saturated rings. The maximum Gasteiger partial charge on any atom is 0.264 e. The SMILES string of the molecule is Cc1cccc(C)c1-c1cc2nc(n1)NS(=O)(=O)c1cccc(c1)C(=O)N1C[C@@H](CNC[C@H]1C(C)C)O2. The van der Waals surface area contributed by atoms with Crippen molar-refractivity contribution in [1.82, 2.24) is 20.2 Å². The van der Waals surface area contributed by atoms with Gasteiger partial charge in [0.2, 0.25) is 11.8 Å². The van der Waals surface area contributed by atoms with Crippen molar-refractivity contribution in [3.63, 3.8) is 0 Å². The lowest BCUT2D eigenvalue weighted by molar-refractivity contribution is 0.0554. The summed E-state index contributed by atoms with van der Waals surface area (Å²) in [5.74, 6) is 0.0881. The van der Waals surface area contributed by atoms with Gasteiger partial charge in [0.15, 0.2) is 0 Å². The first-order valence-electron chi connectivity index (χ1n) is 12.4. The lowest BCUT2D eigenvalue weighted by atomic mass is 10.00. The van der Waals surface area contributed by atoms with Crippen LogP contribution in [0.5, 0.6) is 5.88 Å². The van der Waals surface area contributed by atoms with Crippen molar-refractivity contribution in [2.75, 3.05) is 24.4 Å². The molecule has 2 atom stereocenters. The molecule has 3 heterocycles. The average molecular weight is 522 g/mol. The molecule has 194 valence electrons. The number of carbonyl (C=O) groups is 1. The van der Waals surface area contributed by atoms with E-state index < -0.39 is 16.1 Å². The molecule has 2 aromatic carbocycles. The van der Waals surface area contributed by atoms with Crippen molar-refractivity contribution in [2.24, 2.45) is 5.92 Å². The third-order valence-corrected chi connectivity index (χ3v) is 8.23. The molecule has 0 unspecified atom stereocenters. The average Bonchev–Trinajstić information content (AvgIpc) is 3.05. The van der Waals surface area contributed by atoms with E-state index in [0.717, 1.165) is 16.7 Å². The molecule has 1 saturated heterocycles. The van der Waals surface area contributed by atoms with Crippen LogP contribution >= 0.6 is 0 Å². The van der Waals surface area contributed by atoms with Crippen molar-refractivity contribution < 1.29 is 17.9 Å². The molecule has 3 aromatic rings. The number of nitrogens with zero attached hydrogens (tertiary/aromatic N) is 3. The van der Waals surface area contributed by atoms with Crippen LogP contribution in [0.25, 0.3) is 11.3 Å². The molecule has 0 radical (unpaired) electrons. The summed E-state index contributed by atoms with van der Waals surface area (Å²) >= 11 is 0. The number of ether oxygens (including phenoxy) is 1. The Morgan fingerprint density at radius 3 is 2.49 bits per heavy atom. The number of hydrogen-bond acceptors (Lipinski definition) is 7. The molecular weight excluding hydrogens is 490 g/mol. The highest BCUT2D eigenvalue weighted by molar-refractivity contribution is 7.92. The monoisotopic (exact) mass is 521 g/mol. The second-order valence-corrected chi connectivity index (χ2v) is 11.7. The summed E-state index contributed by atoms with van der Waals surface area (Å²) < 4.78 is 35.5. The summed E-state index contributed by atoms with van der Waals surface area (Å²) in [4.78, 5) is 24.4. The summed E-state index contributed by atoms with van der Waals surface area (Å²) in [5.41, 5.74) is 3.74. The van der Waals surface area contributed by atoms with E-state index in [1.165, 1.54) is 12.1 Å². The molecule has 2 N–H and O–H groups in total. The molecule has 1 aromatic heterocycles. The number of nitrogens with one attached hydrogen (secondary N) is 2. The molecular formula is C27H31N5O4S. The van der Waals surface area contributed by atoms with Crippen molar-refractivity contribution in [1.29, 1.82) is 0 Å². The summed E-state index contributed by atoms with van der Waals surface area (Å²) in [7, 11) is -4.07. The number of amides is 1. The number of fused-ring (bicyclic) bond motifs is 6. The molecule has 0 aliphatic carbocycles. The Bertz CT molecular complexity index is 1440. The summed E-state index contributed by atoms with van der Waals surface area (Å²) in [6, 6.07) is 13.6. The first-order valence-corrected chi connectivity index (χ1v) is 13.9. The maximum absolute atomic E-state index is 13.7. The van der Waals surface area contributed by atoms with E-state index >= 15 is 0 Å². The molecule has 10 heteroatoms. The van der Waals surface area contributed by atoms with Gasteiger partial charge in [-0.05, 0) is 49.1 Å². The second kappa shape index (κ2) is 9.75. The van der Waals surface area contributed by atoms with E-state index in [-0.39, 0.29) is 34.6 Å². The first kappa shape index (κ1) is 25.2. The summed E-state index contributed by atoms with van der Waals surface area (Å²) in [6.45, 7) is 9.54. The zero-order valence-electron chi connectivity index (χ0n) is 21.4. The number of sulfonamides is 1. The van der Waals surface area contributed by atoms with E-state index in [9.17, 15) is 13.2 Å². The van der Waals surface area contributed by atoms with Crippen LogP contribution in [0.15, 0.2) is 53.4 Å². The smallest absolute Gasteiger partial charge is 0.264 e. The Balaban J connectivity index is 1.69. The highest BCUT2D eigenvalue weighted by atomic mass is 32.2. The summed E-state index contributed by atoms with van der Waals surface area (Å²) in [6.07, 6.45) is -0.401. The van der Waals surface area contributed by atoms with Gasteiger partial charge in [0.1, 0.15) is 6.10 Å². The fraction of sp³-hybridized carbons (Fsp3) is 0.370. The van der Waals surface area contributed by atoms with Crippen LogP contribution in [0.4, 0.5) is 5.95 Å². The fourth-order valence-electron chi connectivity index (χ4n) is 5.02. The second-order valence-electron chi connectivity index (χ2n) is 9.98. The topological polar surface area (TPSA) is 114 Å². The molecule has 5 rings (SSSR count). The number of carbonyl (C=O) groups excluding carboxylic acids is 1. The Morgan fingerprint density at radius 2 is 1.76 bits per heavy atom. The minimum atomic E-state index is -4.07. The fourth-order valence-corrected chi connectivity index (χ4v) is 6.01. The van der Waals surface area contributed by atoms with Crippen LogP contribution in [-0.2, 0) is 10.0 Å². The number of hydrogen-bond donors (Lipinski definition) is 2. The molecule has 2 aliphatic rings. The van der Waals surface area contributed by atoms with Gasteiger partial charge in [0, 0.05) is 36.3 Å². The molecule has 9 nitrogen and oxygen atoms in total. The molecule has 0 spiro atoms. The highest BCUT2D eigenvalue weighted by Crippen LogP contribution is 2.30. The summed E-state index contributed by atoms with van der Waals surface area (Å²) in [5, 5.41) is 3.43. The Hall–Kier alpha value is -3.50. The minimum absolute atomic E-state index is 0.0354. The van der Waals surface area contributed by atoms with E-state index in [2.05, 4.69) is 33.9 Å². The van der Waals surface area contributed by atoms with E-state index in [0.29, 0.717) is 30.9 Å². The normalized spacial score (nSPS) is 21.1. The zero-order valence-corrected chi connectivity index (χ0v) is 22.2. The van der Waals surface area contributed by atoms with Crippen molar-refractivity contribution in [2.45, 2.75) is 44.7 Å². The minimum Gasteiger partial charge on any atom is -0.471 e. The zero-order chi connectivity index (χ0) is 26.3. The van der Waals surface area contributed by atoms with Gasteiger partial charge >= 0.3 is 0 Å². The van der Waals surface area contributed by atoms with Crippen LogP contribution in [0, 0.1) is 19.8 Å². The largest absolute Gasteiger partial charge is 0.471 e. The number of rotatable bonds is 2. The van der Waals surface area contributed by atoms with Crippen molar-refractivity contribution in [3.05, 3.63) is 65.2 Å². The Kier molecular flexibility index (Phi) is 6.63. The number of aryl methyl sites for hydroxylation is 2. The van der Waals surface area contributed by atoms with Gasteiger partial charge in [-0.25, -0.2) is 18.1 Å². The van der Waals surface area contributed by atoms with Gasteiger partial charge < -0.3 is 15.0 Å². The van der Waals surface area contributed by atoms with Crippen LogP contribution < -0.4 is 14.8 Å². The third kappa shape index (κ3) is 5.03. The Labute approximate surface area is 217 Å². The van der Waals surface area contributed by atoms with Crippen molar-refractivity contribution in [3.8, 4) is 17.1 Å². The van der Waals surface area contributed by atoms with Crippen LogP contribution in [0.2, 0.25) is 0 Å². The molecule has 1 amide bonds. The van der Waals surface area contributed by atoms with E-state index in [1.54, 1.807) is 23.1 Å². The lowest BCUT2D eigenvalue weighted by Crippen LogP contribution is -2.48. The number of anilines is 1. The van der Waals surface area contributed by atoms with Gasteiger partial charge in [-0.1, -0.05) is 38.1 Å². The van der Waals surface area contributed by atoms with E-state index in [4.69, 9.17) is 4.74 Å². The van der Waals surface area contributed by atoms with Gasteiger partial charge in [0.05, 0.1) is 17.1 Å². The van der Waals surface area contributed by atoms with Crippen LogP contribution in [0.3, 0.4) is 0 Å². The number of benzene rings is 2. The standard InChI is InChI=1S/C27H31N5O4S/c1-16(2)23-14-28-13-20-15-32(23)26(33)19-9-6-10-21(11-19)37(34,35)31-27-29-22(12-24(30-27)36-20)25-17(3)7-5-8-18(25)4/h5-12,16,20,23,28H,13-15H2,1-4H3,(H,29,30,31)/t20-,23+/m1/s1. The molecule has 37 heavy (non-hydrogen) atoms. The third-order valence-electron chi connectivity index (χ3n) is 6.90. The molecule has 2 aliphatic heterocycles. The van der Waals surface area contributed by atoms with Gasteiger partial charge in [-0.2, -0.15) is 4.98 Å². The van der Waals surface area contributed by atoms with Crippen molar-refractivity contribution >= 4 is 21.9 Å². The predicted molar refractivity (Wildman–Crippen MR) is 141 cm³/mol. The Morgan fingerprint density at radius 1 is 1.03 bits per heavy atom. The quantitative estimate of drug-likeness (QED) is 0.531. The van der Waals surface area contributed by atoms with E-state index in [1.807, 2.05) is 32.0 Å². The maximum atomic E-state index is 13.7.